The molecule has 3 rings (SSSR count). The van der Waals surface area contributed by atoms with Crippen molar-refractivity contribution in [2.45, 2.75) is 0 Å². The lowest BCUT2D eigenvalue weighted by Crippen LogP contribution is -1.92. The molecule has 0 bridgehead atoms. The van der Waals surface area contributed by atoms with Crippen LogP contribution in [0.5, 0.6) is 0 Å². The summed E-state index contributed by atoms with van der Waals surface area (Å²) in [5.74, 6) is 0. The van der Waals surface area contributed by atoms with Crippen molar-refractivity contribution in [3.8, 4) is 0 Å². The summed E-state index contributed by atoms with van der Waals surface area (Å²) in [6.45, 7) is 0. The first kappa shape index (κ1) is 6.60. The second-order valence-corrected chi connectivity index (χ2v) is 2.95. The van der Waals surface area contributed by atoms with Crippen LogP contribution in [0.3, 0.4) is 0 Å². The molecule has 2 aromatic heterocycles. The molecule has 0 N–H and O–H groups in total. The van der Waals surface area contributed by atoms with E-state index in [2.05, 4.69) is 22.3 Å². The maximum Gasteiger partial charge on any atom is 0.0930 e. The molecule has 0 aliphatic carbocycles. The highest BCUT2D eigenvalue weighted by Crippen LogP contribution is 2.12. The number of nitrogens with zero attached hydrogens (tertiary/aromatic N) is 3. The van der Waals surface area contributed by atoms with Gasteiger partial charge in [-0.05, 0) is 18.2 Å². The van der Waals surface area contributed by atoms with Gasteiger partial charge in [0.25, 0.3) is 0 Å². The maximum absolute atomic E-state index is 4.34. The first-order valence-corrected chi connectivity index (χ1v) is 4.13. The van der Waals surface area contributed by atoms with E-state index in [0.717, 1.165) is 16.4 Å². The van der Waals surface area contributed by atoms with Gasteiger partial charge in [-0.3, -0.25) is 0 Å². The average Bonchev–Trinajstić information content (AvgIpc) is 2.61. The fourth-order valence-corrected chi connectivity index (χ4v) is 1.46. The quantitative estimate of drug-likeness (QED) is 0.514. The standard InChI is InChI=1S/C10H7N3/c1-2-4-10-8(3-1)7-9-5-6-11-13(9)12-10/h1-7H. The Labute approximate surface area is 74.6 Å². The molecule has 1 aromatic carbocycles. The van der Waals surface area contributed by atoms with Crippen LogP contribution in [0.2, 0.25) is 0 Å². The highest BCUT2D eigenvalue weighted by molar-refractivity contribution is 5.81. The molecule has 2 heterocycles. The van der Waals surface area contributed by atoms with Gasteiger partial charge in [0.1, 0.15) is 0 Å². The van der Waals surface area contributed by atoms with E-state index in [4.69, 9.17) is 0 Å². The average molecular weight is 169 g/mol. The summed E-state index contributed by atoms with van der Waals surface area (Å²) in [4.78, 5) is 0. The Morgan fingerprint density at radius 3 is 3.00 bits per heavy atom. The lowest BCUT2D eigenvalue weighted by Gasteiger charge is -1.96. The van der Waals surface area contributed by atoms with Crippen molar-refractivity contribution >= 4 is 16.4 Å². The van der Waals surface area contributed by atoms with Gasteiger partial charge in [0.15, 0.2) is 0 Å². The molecule has 0 amide bonds. The van der Waals surface area contributed by atoms with Crippen LogP contribution in [-0.2, 0) is 0 Å². The van der Waals surface area contributed by atoms with Gasteiger partial charge in [-0.25, -0.2) is 0 Å². The zero-order valence-electron chi connectivity index (χ0n) is 6.88. The minimum atomic E-state index is 0.971. The SMILES string of the molecule is c1ccc2nn3nccc3cc2c1. The second kappa shape index (κ2) is 2.29. The molecule has 13 heavy (non-hydrogen) atoms. The molecule has 0 aliphatic rings. The molecule has 62 valence electrons. The van der Waals surface area contributed by atoms with Gasteiger partial charge in [0.2, 0.25) is 0 Å². The van der Waals surface area contributed by atoms with Crippen LogP contribution in [0.15, 0.2) is 42.6 Å². The number of hydrogen-bond donors (Lipinski definition) is 0. The van der Waals surface area contributed by atoms with Gasteiger partial charge in [0, 0.05) is 5.39 Å². The zero-order chi connectivity index (χ0) is 8.67. The Kier molecular flexibility index (Phi) is 1.16. The normalized spacial score (nSPS) is 11.1. The lowest BCUT2D eigenvalue weighted by atomic mass is 10.2. The lowest BCUT2D eigenvalue weighted by molar-refractivity contribution is 0.820. The highest BCUT2D eigenvalue weighted by Gasteiger charge is 1.97. The molecule has 0 saturated carbocycles. The molecule has 3 heteroatoms. The van der Waals surface area contributed by atoms with Crippen LogP contribution in [0.4, 0.5) is 0 Å². The number of aromatic nitrogens is 3. The molecular weight excluding hydrogens is 162 g/mol. The molecule has 0 spiro atoms. The molecule has 0 saturated heterocycles. The van der Waals surface area contributed by atoms with E-state index in [0.29, 0.717) is 0 Å². The van der Waals surface area contributed by atoms with Crippen LogP contribution < -0.4 is 0 Å². The predicted molar refractivity (Wildman–Crippen MR) is 50.5 cm³/mol. The molecule has 0 aliphatic heterocycles. The molecule has 0 fully saturated rings. The second-order valence-electron chi connectivity index (χ2n) is 2.95. The van der Waals surface area contributed by atoms with Crippen LogP contribution >= 0.6 is 0 Å². The third kappa shape index (κ3) is 0.902. The molecule has 3 aromatic rings. The van der Waals surface area contributed by atoms with Gasteiger partial charge in [0.05, 0.1) is 17.2 Å². The number of hydrogen-bond acceptors (Lipinski definition) is 2. The Morgan fingerprint density at radius 2 is 2.00 bits per heavy atom. The molecule has 0 radical (unpaired) electrons. The molecule has 3 nitrogen and oxygen atoms in total. The van der Waals surface area contributed by atoms with Gasteiger partial charge < -0.3 is 0 Å². The predicted octanol–water partition coefficient (Wildman–Crippen LogP) is 1.88. The van der Waals surface area contributed by atoms with E-state index in [1.165, 1.54) is 0 Å². The monoisotopic (exact) mass is 169 g/mol. The van der Waals surface area contributed by atoms with Crippen LogP contribution in [0, 0.1) is 0 Å². The minimum absolute atomic E-state index is 0.971. The molecular formula is C10H7N3. The van der Waals surface area contributed by atoms with Crippen LogP contribution in [0.25, 0.3) is 16.4 Å². The molecule has 0 unspecified atom stereocenters. The van der Waals surface area contributed by atoms with Crippen molar-refractivity contribution in [3.63, 3.8) is 0 Å². The van der Waals surface area contributed by atoms with Crippen molar-refractivity contribution in [2.24, 2.45) is 0 Å². The van der Waals surface area contributed by atoms with Gasteiger partial charge in [-0.15, -0.1) is 5.10 Å². The zero-order valence-corrected chi connectivity index (χ0v) is 6.88. The minimum Gasteiger partial charge on any atom is -0.158 e. The Morgan fingerprint density at radius 1 is 1.08 bits per heavy atom. The third-order valence-electron chi connectivity index (χ3n) is 2.09. The number of fused-ring (bicyclic) bond motifs is 2. The Hall–Kier alpha value is -1.90. The summed E-state index contributed by atoms with van der Waals surface area (Å²) < 4.78 is 1.64. The summed E-state index contributed by atoms with van der Waals surface area (Å²) in [5.41, 5.74) is 2.00. The fourth-order valence-electron chi connectivity index (χ4n) is 1.46. The number of benzene rings is 1. The highest BCUT2D eigenvalue weighted by atomic mass is 15.4. The van der Waals surface area contributed by atoms with Crippen LogP contribution in [-0.4, -0.2) is 14.8 Å². The summed E-state index contributed by atoms with van der Waals surface area (Å²) in [7, 11) is 0. The number of rotatable bonds is 0. The van der Waals surface area contributed by atoms with E-state index in [-0.39, 0.29) is 0 Å². The third-order valence-corrected chi connectivity index (χ3v) is 2.09. The van der Waals surface area contributed by atoms with Gasteiger partial charge in [-0.1, -0.05) is 18.2 Å². The van der Waals surface area contributed by atoms with Crippen molar-refractivity contribution in [3.05, 3.63) is 42.6 Å². The van der Waals surface area contributed by atoms with E-state index in [1.54, 1.807) is 10.8 Å². The maximum atomic E-state index is 4.34. The topological polar surface area (TPSA) is 30.2 Å². The van der Waals surface area contributed by atoms with E-state index in [9.17, 15) is 0 Å². The van der Waals surface area contributed by atoms with Crippen molar-refractivity contribution < 1.29 is 0 Å². The van der Waals surface area contributed by atoms with Crippen molar-refractivity contribution in [2.75, 3.05) is 0 Å². The first-order valence-electron chi connectivity index (χ1n) is 4.13. The largest absolute Gasteiger partial charge is 0.158 e. The Bertz CT molecular complexity index is 519. The smallest absolute Gasteiger partial charge is 0.0930 e. The Balaban J connectivity index is 2.57. The fraction of sp³-hybridized carbons (Fsp3) is 0. The van der Waals surface area contributed by atoms with E-state index >= 15 is 0 Å². The van der Waals surface area contributed by atoms with Crippen molar-refractivity contribution in [1.29, 1.82) is 0 Å². The molecule has 0 atom stereocenters. The summed E-state index contributed by atoms with van der Waals surface area (Å²) in [6.07, 6.45) is 1.75. The van der Waals surface area contributed by atoms with Gasteiger partial charge >= 0.3 is 0 Å². The first-order chi connectivity index (χ1) is 6.43. The summed E-state index contributed by atoms with van der Waals surface area (Å²) in [6, 6.07) is 12.0. The van der Waals surface area contributed by atoms with E-state index in [1.807, 2.05) is 24.3 Å². The van der Waals surface area contributed by atoms with Crippen LogP contribution in [0.1, 0.15) is 0 Å². The van der Waals surface area contributed by atoms with E-state index < -0.39 is 0 Å². The van der Waals surface area contributed by atoms with Crippen molar-refractivity contribution in [1.82, 2.24) is 14.8 Å². The summed E-state index contributed by atoms with van der Waals surface area (Å²) >= 11 is 0. The van der Waals surface area contributed by atoms with Gasteiger partial charge in [-0.2, -0.15) is 9.73 Å². The summed E-state index contributed by atoms with van der Waals surface area (Å²) in [5, 5.41) is 9.57.